The molecule has 14 heavy (non-hydrogen) atoms. The minimum Gasteiger partial charge on any atom is -0.444 e. The highest BCUT2D eigenvalue weighted by Crippen LogP contribution is 2.31. The van der Waals surface area contributed by atoms with E-state index in [9.17, 15) is 9.59 Å². The van der Waals surface area contributed by atoms with Crippen LogP contribution in [0.3, 0.4) is 0 Å². The first kappa shape index (κ1) is 9.49. The van der Waals surface area contributed by atoms with Crippen molar-refractivity contribution < 1.29 is 14.3 Å². The Bertz CT molecular complexity index is 264. The molecule has 2 amide bonds. The van der Waals surface area contributed by atoms with E-state index in [2.05, 4.69) is 0 Å². The molecule has 0 spiro atoms. The summed E-state index contributed by atoms with van der Waals surface area (Å²) in [6.07, 6.45) is 3.90. The molecule has 0 bridgehead atoms. The highest BCUT2D eigenvalue weighted by Gasteiger charge is 2.45. The Morgan fingerprint density at radius 1 is 1.50 bits per heavy atom. The van der Waals surface area contributed by atoms with E-state index in [0.717, 1.165) is 25.7 Å². The summed E-state index contributed by atoms with van der Waals surface area (Å²) in [5.41, 5.74) is 0. The molecule has 2 fully saturated rings. The maximum absolute atomic E-state index is 11.5. The topological polar surface area (TPSA) is 46.6 Å². The molecule has 2 atom stereocenters. The molecule has 4 heteroatoms. The first-order valence-electron chi connectivity index (χ1n) is 5.26. The number of amides is 2. The summed E-state index contributed by atoms with van der Waals surface area (Å²) in [5, 5.41) is 0. The number of hydrogen-bond donors (Lipinski definition) is 0. The summed E-state index contributed by atoms with van der Waals surface area (Å²) in [7, 11) is 0. The molecule has 1 aliphatic heterocycles. The van der Waals surface area contributed by atoms with Crippen LogP contribution in [-0.4, -0.2) is 29.0 Å². The minimum atomic E-state index is -0.436. The normalized spacial score (nSPS) is 31.2. The molecule has 0 N–H and O–H groups in total. The number of hydrogen-bond acceptors (Lipinski definition) is 3. The van der Waals surface area contributed by atoms with Crippen molar-refractivity contribution in [2.45, 2.75) is 51.2 Å². The fourth-order valence-corrected chi connectivity index (χ4v) is 2.29. The second-order valence-electron chi connectivity index (χ2n) is 3.89. The number of rotatable bonds is 1. The van der Waals surface area contributed by atoms with Crippen LogP contribution in [0.15, 0.2) is 0 Å². The lowest BCUT2D eigenvalue weighted by Gasteiger charge is -2.26. The second-order valence-corrected chi connectivity index (χ2v) is 3.89. The Labute approximate surface area is 83.2 Å². The minimum absolute atomic E-state index is 0.0173. The van der Waals surface area contributed by atoms with E-state index in [4.69, 9.17) is 4.74 Å². The van der Waals surface area contributed by atoms with E-state index in [1.54, 1.807) is 6.92 Å². The molecule has 2 rings (SSSR count). The van der Waals surface area contributed by atoms with Crippen LogP contribution in [0, 0.1) is 0 Å². The second kappa shape index (κ2) is 3.59. The van der Waals surface area contributed by atoms with Gasteiger partial charge in [-0.1, -0.05) is 13.3 Å². The summed E-state index contributed by atoms with van der Waals surface area (Å²) in [5.74, 6) is -0.107. The smallest absolute Gasteiger partial charge is 0.417 e. The highest BCUT2D eigenvalue weighted by atomic mass is 16.6. The van der Waals surface area contributed by atoms with Gasteiger partial charge in [0.25, 0.3) is 0 Å². The maximum Gasteiger partial charge on any atom is 0.417 e. The number of nitrogens with zero attached hydrogens (tertiary/aromatic N) is 1. The van der Waals surface area contributed by atoms with Crippen LogP contribution in [-0.2, 0) is 9.53 Å². The predicted molar refractivity (Wildman–Crippen MR) is 49.7 cm³/mol. The third-order valence-electron chi connectivity index (χ3n) is 3.02. The fourth-order valence-electron chi connectivity index (χ4n) is 2.29. The van der Waals surface area contributed by atoms with E-state index in [1.807, 2.05) is 0 Å². The van der Waals surface area contributed by atoms with Crippen molar-refractivity contribution in [1.29, 1.82) is 0 Å². The maximum atomic E-state index is 11.5. The van der Waals surface area contributed by atoms with Gasteiger partial charge in [-0.2, -0.15) is 0 Å². The Kier molecular flexibility index (Phi) is 2.44. The van der Waals surface area contributed by atoms with Crippen molar-refractivity contribution in [3.8, 4) is 0 Å². The molecule has 0 unspecified atom stereocenters. The van der Waals surface area contributed by atoms with Crippen LogP contribution in [0.4, 0.5) is 4.79 Å². The molecular formula is C10H15NO3. The number of ether oxygens (including phenoxy) is 1. The molecule has 0 aromatic heterocycles. The van der Waals surface area contributed by atoms with Gasteiger partial charge < -0.3 is 4.74 Å². The molecule has 78 valence electrons. The van der Waals surface area contributed by atoms with Crippen LogP contribution in [0.2, 0.25) is 0 Å². The van der Waals surface area contributed by atoms with Gasteiger partial charge in [-0.05, 0) is 19.3 Å². The largest absolute Gasteiger partial charge is 0.444 e. The van der Waals surface area contributed by atoms with Gasteiger partial charge in [-0.15, -0.1) is 0 Å². The van der Waals surface area contributed by atoms with Crippen LogP contribution < -0.4 is 0 Å². The zero-order valence-electron chi connectivity index (χ0n) is 8.36. The summed E-state index contributed by atoms with van der Waals surface area (Å²) < 4.78 is 5.17. The fraction of sp³-hybridized carbons (Fsp3) is 0.800. The number of carbonyl (C=O) groups excluding carboxylic acids is 2. The molecule has 0 radical (unpaired) electrons. The number of fused-ring (bicyclic) bond motifs is 1. The first-order valence-corrected chi connectivity index (χ1v) is 5.26. The third-order valence-corrected chi connectivity index (χ3v) is 3.02. The quantitative estimate of drug-likeness (QED) is 0.642. The van der Waals surface area contributed by atoms with E-state index in [0.29, 0.717) is 6.42 Å². The molecular weight excluding hydrogens is 182 g/mol. The Morgan fingerprint density at radius 3 is 2.93 bits per heavy atom. The average molecular weight is 197 g/mol. The summed E-state index contributed by atoms with van der Waals surface area (Å²) >= 11 is 0. The Hall–Kier alpha value is -1.06. The predicted octanol–water partition coefficient (Wildman–Crippen LogP) is 1.69. The van der Waals surface area contributed by atoms with Gasteiger partial charge in [0.2, 0.25) is 5.91 Å². The lowest BCUT2D eigenvalue weighted by Crippen LogP contribution is -2.42. The van der Waals surface area contributed by atoms with E-state index in [-0.39, 0.29) is 18.1 Å². The lowest BCUT2D eigenvalue weighted by molar-refractivity contribution is -0.129. The Balaban J connectivity index is 2.15. The van der Waals surface area contributed by atoms with Crippen molar-refractivity contribution in [2.24, 2.45) is 0 Å². The van der Waals surface area contributed by atoms with Crippen LogP contribution in [0.25, 0.3) is 0 Å². The SMILES string of the molecule is CCC(=O)N1C(=O)O[C@H]2CCCC[C@H]21. The van der Waals surface area contributed by atoms with E-state index < -0.39 is 6.09 Å². The van der Waals surface area contributed by atoms with Gasteiger partial charge in [0.1, 0.15) is 6.10 Å². The molecule has 2 aliphatic rings. The molecule has 1 aliphatic carbocycles. The van der Waals surface area contributed by atoms with Gasteiger partial charge in [-0.3, -0.25) is 4.79 Å². The summed E-state index contributed by atoms with van der Waals surface area (Å²) in [6.45, 7) is 1.77. The van der Waals surface area contributed by atoms with Crippen molar-refractivity contribution >= 4 is 12.0 Å². The molecule has 0 aromatic rings. The zero-order chi connectivity index (χ0) is 10.1. The summed E-state index contributed by atoms with van der Waals surface area (Å²) in [4.78, 5) is 24.3. The van der Waals surface area contributed by atoms with Crippen LogP contribution >= 0.6 is 0 Å². The number of carbonyl (C=O) groups is 2. The standard InChI is InChI=1S/C10H15NO3/c1-2-9(12)11-7-5-3-4-6-8(7)14-10(11)13/h7-8H,2-6H2,1H3/t7-,8+/m1/s1. The van der Waals surface area contributed by atoms with Crippen molar-refractivity contribution in [1.82, 2.24) is 4.90 Å². The average Bonchev–Trinajstić information content (AvgIpc) is 2.53. The molecule has 1 saturated heterocycles. The zero-order valence-corrected chi connectivity index (χ0v) is 8.36. The van der Waals surface area contributed by atoms with Crippen molar-refractivity contribution in [2.75, 3.05) is 0 Å². The highest BCUT2D eigenvalue weighted by molar-refractivity contribution is 5.93. The van der Waals surface area contributed by atoms with E-state index >= 15 is 0 Å². The number of imide groups is 1. The van der Waals surface area contributed by atoms with Gasteiger partial charge in [-0.25, -0.2) is 9.69 Å². The van der Waals surface area contributed by atoms with E-state index in [1.165, 1.54) is 4.90 Å². The lowest BCUT2D eigenvalue weighted by atomic mass is 9.92. The molecule has 0 aromatic carbocycles. The van der Waals surface area contributed by atoms with Crippen LogP contribution in [0.5, 0.6) is 0 Å². The van der Waals surface area contributed by atoms with Gasteiger partial charge in [0, 0.05) is 6.42 Å². The summed E-state index contributed by atoms with van der Waals surface area (Å²) in [6, 6.07) is 0.0173. The molecule has 4 nitrogen and oxygen atoms in total. The van der Waals surface area contributed by atoms with Crippen molar-refractivity contribution in [3.63, 3.8) is 0 Å². The van der Waals surface area contributed by atoms with Gasteiger partial charge in [0.05, 0.1) is 6.04 Å². The third kappa shape index (κ3) is 1.38. The Morgan fingerprint density at radius 2 is 2.21 bits per heavy atom. The van der Waals surface area contributed by atoms with Gasteiger partial charge >= 0.3 is 6.09 Å². The first-order chi connectivity index (χ1) is 6.74. The monoisotopic (exact) mass is 197 g/mol. The molecule has 1 saturated carbocycles. The van der Waals surface area contributed by atoms with Crippen LogP contribution in [0.1, 0.15) is 39.0 Å². The van der Waals surface area contributed by atoms with Gasteiger partial charge in [0.15, 0.2) is 0 Å². The van der Waals surface area contributed by atoms with Crippen molar-refractivity contribution in [3.05, 3.63) is 0 Å². The molecule has 1 heterocycles.